The van der Waals surface area contributed by atoms with Crippen LogP contribution in [0.3, 0.4) is 0 Å². The molecule has 0 spiro atoms. The Morgan fingerprint density at radius 3 is 1.54 bits per heavy atom. The molecule has 2 atom stereocenters. The number of ether oxygens (including phenoxy) is 2. The smallest absolute Gasteiger partial charge is 0.306 e. The van der Waals surface area contributed by atoms with Gasteiger partial charge >= 0.3 is 11.9 Å². The largest absolute Gasteiger partial charge is 0.756 e. The number of phosphoric acid groups is 1. The Hall–Kier alpha value is -2.03. The molecule has 0 aliphatic heterocycles. The van der Waals surface area contributed by atoms with Crippen molar-refractivity contribution < 1.29 is 42.1 Å². The van der Waals surface area contributed by atoms with Gasteiger partial charge in [0.05, 0.1) is 27.7 Å². The SMILES string of the molecule is CCCCC/C=C/C/C=C/C/C=C/CCCCCCC(=O)O[C@H](COC(=O)CCCCCCC/C=C/CCCCCC)COP(=O)([O-])OCC[N+](C)(C)C. The molecule has 54 heavy (non-hydrogen) atoms. The maximum atomic E-state index is 12.6. The van der Waals surface area contributed by atoms with E-state index in [0.29, 0.717) is 23.9 Å². The van der Waals surface area contributed by atoms with Crippen molar-refractivity contribution in [1.29, 1.82) is 0 Å². The zero-order chi connectivity index (χ0) is 40.0. The molecule has 0 fully saturated rings. The number of carbonyl (C=O) groups is 2. The minimum Gasteiger partial charge on any atom is -0.756 e. The summed E-state index contributed by atoms with van der Waals surface area (Å²) >= 11 is 0. The first kappa shape index (κ1) is 52.0. The summed E-state index contributed by atoms with van der Waals surface area (Å²) in [7, 11) is 1.14. The molecule has 0 rings (SSSR count). The van der Waals surface area contributed by atoms with Gasteiger partial charge < -0.3 is 27.9 Å². The van der Waals surface area contributed by atoms with Gasteiger partial charge in [0.2, 0.25) is 0 Å². The number of nitrogens with zero attached hydrogens (tertiary/aromatic N) is 1. The van der Waals surface area contributed by atoms with Gasteiger partial charge in [0.25, 0.3) is 7.82 Å². The highest BCUT2D eigenvalue weighted by Crippen LogP contribution is 2.38. The van der Waals surface area contributed by atoms with Crippen molar-refractivity contribution in [2.24, 2.45) is 0 Å². The van der Waals surface area contributed by atoms with Crippen molar-refractivity contribution in [2.75, 3.05) is 47.5 Å². The van der Waals surface area contributed by atoms with E-state index in [9.17, 15) is 19.0 Å². The van der Waals surface area contributed by atoms with Gasteiger partial charge in [-0.15, -0.1) is 0 Å². The van der Waals surface area contributed by atoms with E-state index in [-0.39, 0.29) is 26.1 Å². The molecule has 10 heteroatoms. The summed E-state index contributed by atoms with van der Waals surface area (Å²) in [6, 6.07) is 0. The molecular weight excluding hydrogens is 701 g/mol. The van der Waals surface area contributed by atoms with Crippen molar-refractivity contribution in [3.63, 3.8) is 0 Å². The van der Waals surface area contributed by atoms with Crippen LogP contribution in [0.15, 0.2) is 48.6 Å². The molecule has 0 aromatic carbocycles. The molecule has 0 aliphatic carbocycles. The third kappa shape index (κ3) is 39.7. The normalized spacial score (nSPS) is 14.1. The Morgan fingerprint density at radius 1 is 0.574 bits per heavy atom. The number of hydrogen-bond acceptors (Lipinski definition) is 8. The average molecular weight is 782 g/mol. The quantitative estimate of drug-likeness (QED) is 0.0200. The number of allylic oxidation sites excluding steroid dienone is 8. The number of hydrogen-bond donors (Lipinski definition) is 0. The number of unbranched alkanes of at least 4 members (excludes halogenated alkanes) is 16. The fraction of sp³-hybridized carbons (Fsp3) is 0.773. The molecule has 0 N–H and O–H groups in total. The highest BCUT2D eigenvalue weighted by Gasteiger charge is 2.21. The predicted molar refractivity (Wildman–Crippen MR) is 222 cm³/mol. The van der Waals surface area contributed by atoms with E-state index in [1.54, 1.807) is 0 Å². The van der Waals surface area contributed by atoms with Crippen LogP contribution in [0.5, 0.6) is 0 Å². The molecule has 0 saturated carbocycles. The van der Waals surface area contributed by atoms with Crippen LogP contribution in [0.2, 0.25) is 0 Å². The molecule has 0 aromatic heterocycles. The van der Waals surface area contributed by atoms with Crippen LogP contribution < -0.4 is 4.89 Å². The van der Waals surface area contributed by atoms with Crippen LogP contribution in [0.1, 0.15) is 168 Å². The Morgan fingerprint density at radius 2 is 1.00 bits per heavy atom. The lowest BCUT2D eigenvalue weighted by Gasteiger charge is -2.28. The molecule has 1 unspecified atom stereocenters. The zero-order valence-electron chi connectivity index (χ0n) is 35.2. The standard InChI is InChI=1S/C44H80NO8P/c1-6-8-10-12-14-16-18-20-21-22-23-25-27-29-31-33-35-37-44(47)53-42(41-52-54(48,49)51-39-38-45(3,4)5)40-50-43(46)36-34-32-30-28-26-24-19-17-15-13-11-9-7-2/h14,16-17,19-21,23,25,42H,6-13,15,18,22,24,26-41H2,1-5H3/b16-14+,19-17+,21-20+,25-23+/t42-/m1/s1. The summed E-state index contributed by atoms with van der Waals surface area (Å²) in [6.45, 7) is 4.13. The second kappa shape index (κ2) is 36.6. The number of esters is 2. The maximum absolute atomic E-state index is 12.6. The Labute approximate surface area is 331 Å². The second-order valence-corrected chi connectivity index (χ2v) is 16.8. The molecule has 0 aliphatic rings. The first-order chi connectivity index (χ1) is 26.0. The molecule has 0 radical (unpaired) electrons. The van der Waals surface area contributed by atoms with E-state index < -0.39 is 32.5 Å². The number of rotatable bonds is 38. The van der Waals surface area contributed by atoms with Crippen LogP contribution in [0, 0.1) is 0 Å². The molecule has 9 nitrogen and oxygen atoms in total. The highest BCUT2D eigenvalue weighted by atomic mass is 31.2. The van der Waals surface area contributed by atoms with E-state index in [2.05, 4.69) is 62.5 Å². The Bertz CT molecular complexity index is 1070. The van der Waals surface area contributed by atoms with Gasteiger partial charge in [0, 0.05) is 12.8 Å². The van der Waals surface area contributed by atoms with Crippen molar-refractivity contribution in [3.05, 3.63) is 48.6 Å². The van der Waals surface area contributed by atoms with Crippen LogP contribution in [0.25, 0.3) is 0 Å². The van der Waals surface area contributed by atoms with Crippen molar-refractivity contribution in [3.8, 4) is 0 Å². The van der Waals surface area contributed by atoms with Gasteiger partial charge in [0.1, 0.15) is 19.8 Å². The third-order valence-electron chi connectivity index (χ3n) is 8.82. The van der Waals surface area contributed by atoms with E-state index in [4.69, 9.17) is 18.5 Å². The summed E-state index contributed by atoms with van der Waals surface area (Å²) in [5.74, 6) is -0.873. The molecular formula is C44H80NO8P. The molecule has 0 bridgehead atoms. The number of phosphoric ester groups is 1. The minimum atomic E-state index is -4.63. The molecule has 0 amide bonds. The Kier molecular flexibility index (Phi) is 35.2. The van der Waals surface area contributed by atoms with Gasteiger partial charge in [-0.2, -0.15) is 0 Å². The summed E-state index contributed by atoms with van der Waals surface area (Å²) in [6.07, 6.45) is 41.3. The van der Waals surface area contributed by atoms with Gasteiger partial charge in [-0.3, -0.25) is 14.2 Å². The molecule has 0 heterocycles. The fourth-order valence-electron chi connectivity index (χ4n) is 5.42. The Balaban J connectivity index is 4.45. The molecule has 0 aromatic rings. The number of quaternary nitrogens is 1. The minimum absolute atomic E-state index is 0.0382. The lowest BCUT2D eigenvalue weighted by atomic mass is 10.1. The summed E-state index contributed by atoms with van der Waals surface area (Å²) in [4.78, 5) is 37.5. The van der Waals surface area contributed by atoms with Crippen LogP contribution in [0.4, 0.5) is 0 Å². The number of carbonyl (C=O) groups excluding carboxylic acids is 2. The third-order valence-corrected chi connectivity index (χ3v) is 9.79. The first-order valence-electron chi connectivity index (χ1n) is 21.3. The predicted octanol–water partition coefficient (Wildman–Crippen LogP) is 11.3. The zero-order valence-corrected chi connectivity index (χ0v) is 36.0. The van der Waals surface area contributed by atoms with E-state index in [1.807, 2.05) is 21.1 Å². The monoisotopic (exact) mass is 782 g/mol. The molecule has 314 valence electrons. The fourth-order valence-corrected chi connectivity index (χ4v) is 6.15. The van der Waals surface area contributed by atoms with Crippen LogP contribution in [-0.4, -0.2) is 70.0 Å². The van der Waals surface area contributed by atoms with E-state index in [0.717, 1.165) is 70.6 Å². The lowest BCUT2D eigenvalue weighted by molar-refractivity contribution is -0.870. The molecule has 0 saturated heterocycles. The van der Waals surface area contributed by atoms with Gasteiger partial charge in [0.15, 0.2) is 6.10 Å². The van der Waals surface area contributed by atoms with Crippen LogP contribution >= 0.6 is 7.82 Å². The van der Waals surface area contributed by atoms with E-state index >= 15 is 0 Å². The van der Waals surface area contributed by atoms with Crippen LogP contribution in [-0.2, 0) is 32.7 Å². The van der Waals surface area contributed by atoms with Gasteiger partial charge in [-0.05, 0) is 77.0 Å². The van der Waals surface area contributed by atoms with Gasteiger partial charge in [-0.1, -0.05) is 127 Å². The summed E-state index contributed by atoms with van der Waals surface area (Å²) < 4.78 is 33.8. The summed E-state index contributed by atoms with van der Waals surface area (Å²) in [5, 5.41) is 0. The number of likely N-dealkylation sites (N-methyl/N-ethyl adjacent to an activating group) is 1. The average Bonchev–Trinajstić information content (AvgIpc) is 3.12. The maximum Gasteiger partial charge on any atom is 0.306 e. The first-order valence-corrected chi connectivity index (χ1v) is 22.8. The van der Waals surface area contributed by atoms with E-state index in [1.165, 1.54) is 57.8 Å². The van der Waals surface area contributed by atoms with Crippen molar-refractivity contribution in [1.82, 2.24) is 0 Å². The topological polar surface area (TPSA) is 111 Å². The second-order valence-electron chi connectivity index (χ2n) is 15.3. The lowest BCUT2D eigenvalue weighted by Crippen LogP contribution is -2.37. The van der Waals surface area contributed by atoms with Gasteiger partial charge in [-0.25, -0.2) is 0 Å². The summed E-state index contributed by atoms with van der Waals surface area (Å²) in [5.41, 5.74) is 0. The van der Waals surface area contributed by atoms with Crippen molar-refractivity contribution in [2.45, 2.75) is 174 Å². The highest BCUT2D eigenvalue weighted by molar-refractivity contribution is 7.45. The van der Waals surface area contributed by atoms with Crippen molar-refractivity contribution >= 4 is 19.8 Å².